The van der Waals surface area contributed by atoms with Crippen molar-refractivity contribution in [3.05, 3.63) is 28.5 Å². The summed E-state index contributed by atoms with van der Waals surface area (Å²) in [5.74, 6) is 0.674. The number of nitrogens with zero attached hydrogens (tertiary/aromatic N) is 2. The predicted molar refractivity (Wildman–Crippen MR) is 83.1 cm³/mol. The van der Waals surface area contributed by atoms with E-state index in [-0.39, 0.29) is 0 Å². The van der Waals surface area contributed by atoms with E-state index in [2.05, 4.69) is 58.0 Å². The van der Waals surface area contributed by atoms with Crippen molar-refractivity contribution < 1.29 is 0 Å². The first-order chi connectivity index (χ1) is 9.06. The van der Waals surface area contributed by atoms with Crippen LogP contribution in [0.3, 0.4) is 0 Å². The third kappa shape index (κ3) is 4.26. The highest BCUT2D eigenvalue weighted by molar-refractivity contribution is 9.10. The van der Waals surface area contributed by atoms with Crippen LogP contribution in [-0.4, -0.2) is 35.1 Å². The molecule has 0 radical (unpaired) electrons. The van der Waals surface area contributed by atoms with Crippen molar-refractivity contribution in [3.63, 3.8) is 0 Å². The monoisotopic (exact) mass is 325 g/mol. The summed E-state index contributed by atoms with van der Waals surface area (Å²) in [6, 6.07) is 3.38. The zero-order valence-corrected chi connectivity index (χ0v) is 13.7. The van der Waals surface area contributed by atoms with Gasteiger partial charge in [-0.1, -0.05) is 13.8 Å². The maximum absolute atomic E-state index is 4.26. The summed E-state index contributed by atoms with van der Waals surface area (Å²) < 4.78 is 1.06. The van der Waals surface area contributed by atoms with Crippen molar-refractivity contribution in [2.45, 2.75) is 45.8 Å². The molecule has 2 atom stereocenters. The molecular formula is C15H24BrN3. The van der Waals surface area contributed by atoms with Crippen LogP contribution in [0.4, 0.5) is 0 Å². The van der Waals surface area contributed by atoms with Crippen LogP contribution in [0.25, 0.3) is 0 Å². The summed E-state index contributed by atoms with van der Waals surface area (Å²) in [6.07, 6.45) is 5.03. The maximum Gasteiger partial charge on any atom is 0.0410 e. The van der Waals surface area contributed by atoms with Gasteiger partial charge in [0.1, 0.15) is 0 Å². The molecule has 0 aromatic carbocycles. The smallest absolute Gasteiger partial charge is 0.0410 e. The Labute approximate surface area is 124 Å². The molecule has 4 heteroatoms. The lowest BCUT2D eigenvalue weighted by molar-refractivity contribution is 0.184. The molecule has 2 rings (SSSR count). The van der Waals surface area contributed by atoms with Crippen molar-refractivity contribution in [1.29, 1.82) is 0 Å². The summed E-state index contributed by atoms with van der Waals surface area (Å²) in [5.41, 5.74) is 1.28. The van der Waals surface area contributed by atoms with Gasteiger partial charge in [0.2, 0.25) is 0 Å². The Morgan fingerprint density at radius 3 is 2.95 bits per heavy atom. The second-order valence-electron chi connectivity index (χ2n) is 5.88. The first-order valence-electron chi connectivity index (χ1n) is 7.13. The molecule has 1 saturated heterocycles. The highest BCUT2D eigenvalue weighted by Crippen LogP contribution is 2.18. The molecule has 3 nitrogen and oxygen atoms in total. The van der Waals surface area contributed by atoms with Crippen LogP contribution < -0.4 is 5.32 Å². The highest BCUT2D eigenvalue weighted by Gasteiger charge is 2.24. The molecule has 106 valence electrons. The molecule has 0 aliphatic carbocycles. The summed E-state index contributed by atoms with van der Waals surface area (Å²) in [5, 5.41) is 3.67. The molecule has 19 heavy (non-hydrogen) atoms. The van der Waals surface area contributed by atoms with E-state index >= 15 is 0 Å². The van der Waals surface area contributed by atoms with E-state index in [4.69, 9.17) is 0 Å². The van der Waals surface area contributed by atoms with Crippen molar-refractivity contribution in [1.82, 2.24) is 15.2 Å². The second kappa shape index (κ2) is 6.82. The van der Waals surface area contributed by atoms with Gasteiger partial charge in [0.05, 0.1) is 0 Å². The first kappa shape index (κ1) is 14.9. The molecule has 2 heterocycles. The molecular weight excluding hydrogens is 302 g/mol. The molecule has 1 fully saturated rings. The number of pyridine rings is 1. The van der Waals surface area contributed by atoms with E-state index in [1.807, 2.05) is 12.4 Å². The van der Waals surface area contributed by atoms with Gasteiger partial charge in [-0.2, -0.15) is 0 Å². The summed E-state index contributed by atoms with van der Waals surface area (Å²) in [4.78, 5) is 6.84. The minimum Gasteiger partial charge on any atom is -0.312 e. The highest BCUT2D eigenvalue weighted by atomic mass is 79.9. The lowest BCUT2D eigenvalue weighted by Gasteiger charge is -2.30. The van der Waals surface area contributed by atoms with Gasteiger partial charge in [0.15, 0.2) is 0 Å². The van der Waals surface area contributed by atoms with Crippen molar-refractivity contribution >= 4 is 15.9 Å². The summed E-state index contributed by atoms with van der Waals surface area (Å²) in [6.45, 7) is 10.1. The number of nitrogens with one attached hydrogen (secondary N) is 1. The Morgan fingerprint density at radius 2 is 2.26 bits per heavy atom. The average Bonchev–Trinajstić information content (AvgIpc) is 2.52. The van der Waals surface area contributed by atoms with Crippen molar-refractivity contribution in [2.75, 3.05) is 13.1 Å². The van der Waals surface area contributed by atoms with Crippen LogP contribution in [0.1, 0.15) is 32.8 Å². The average molecular weight is 326 g/mol. The third-order valence-electron chi connectivity index (χ3n) is 3.98. The van der Waals surface area contributed by atoms with E-state index in [1.165, 1.54) is 12.0 Å². The van der Waals surface area contributed by atoms with Crippen LogP contribution in [0.2, 0.25) is 0 Å². The maximum atomic E-state index is 4.26. The van der Waals surface area contributed by atoms with E-state index < -0.39 is 0 Å². The number of halogens is 1. The first-order valence-corrected chi connectivity index (χ1v) is 7.92. The molecule has 1 aromatic rings. The van der Waals surface area contributed by atoms with E-state index in [9.17, 15) is 0 Å². The Balaban J connectivity index is 2.07. The zero-order valence-electron chi connectivity index (χ0n) is 12.1. The third-order valence-corrected chi connectivity index (χ3v) is 4.41. The van der Waals surface area contributed by atoms with Gasteiger partial charge in [-0.15, -0.1) is 0 Å². The molecule has 2 unspecified atom stereocenters. The molecule has 0 bridgehead atoms. The summed E-state index contributed by atoms with van der Waals surface area (Å²) >= 11 is 3.50. The summed E-state index contributed by atoms with van der Waals surface area (Å²) in [7, 11) is 0. The largest absolute Gasteiger partial charge is 0.312 e. The standard InChI is InChI=1S/C15H24BrN3/c1-11(2)15-10-19(12(3)4-5-18-15)9-13-6-14(16)8-17-7-13/h6-8,11-12,15,18H,4-5,9-10H2,1-3H3. The number of hydrogen-bond acceptors (Lipinski definition) is 3. The zero-order chi connectivity index (χ0) is 13.8. The second-order valence-corrected chi connectivity index (χ2v) is 6.80. The molecule has 1 aromatic heterocycles. The molecule has 1 N–H and O–H groups in total. The Morgan fingerprint density at radius 1 is 1.47 bits per heavy atom. The SMILES string of the molecule is CC(C)C1CN(Cc2cncc(Br)c2)C(C)CCN1. The Kier molecular flexibility index (Phi) is 5.37. The van der Waals surface area contributed by atoms with Gasteiger partial charge in [0, 0.05) is 42.0 Å². The number of hydrogen-bond donors (Lipinski definition) is 1. The molecule has 0 spiro atoms. The molecule has 1 aliphatic rings. The van der Waals surface area contributed by atoms with Crippen LogP contribution in [-0.2, 0) is 6.54 Å². The molecule has 0 saturated carbocycles. The van der Waals surface area contributed by atoms with Gasteiger partial charge in [-0.3, -0.25) is 9.88 Å². The van der Waals surface area contributed by atoms with Gasteiger partial charge < -0.3 is 5.32 Å². The Hall–Kier alpha value is -0.450. The quantitative estimate of drug-likeness (QED) is 0.925. The van der Waals surface area contributed by atoms with Crippen molar-refractivity contribution in [2.24, 2.45) is 5.92 Å². The molecule has 1 aliphatic heterocycles. The lowest BCUT2D eigenvalue weighted by atomic mass is 10.0. The number of rotatable bonds is 3. The van der Waals surface area contributed by atoms with Gasteiger partial charge in [-0.05, 0) is 53.4 Å². The minimum absolute atomic E-state index is 0.588. The van der Waals surface area contributed by atoms with E-state index in [1.54, 1.807) is 0 Å². The fourth-order valence-electron chi connectivity index (χ4n) is 2.60. The minimum atomic E-state index is 0.588. The Bertz CT molecular complexity index is 408. The predicted octanol–water partition coefficient (Wildman–Crippen LogP) is 3.05. The lowest BCUT2D eigenvalue weighted by Crippen LogP contribution is -2.42. The topological polar surface area (TPSA) is 28.2 Å². The van der Waals surface area contributed by atoms with Gasteiger partial charge >= 0.3 is 0 Å². The normalized spacial score (nSPS) is 25.5. The van der Waals surface area contributed by atoms with Crippen LogP contribution in [0, 0.1) is 5.92 Å². The van der Waals surface area contributed by atoms with E-state index in [0.29, 0.717) is 18.0 Å². The fraction of sp³-hybridized carbons (Fsp3) is 0.667. The van der Waals surface area contributed by atoms with Crippen LogP contribution in [0.5, 0.6) is 0 Å². The van der Waals surface area contributed by atoms with E-state index in [0.717, 1.165) is 24.1 Å². The van der Waals surface area contributed by atoms with Gasteiger partial charge in [0.25, 0.3) is 0 Å². The molecule has 0 amide bonds. The van der Waals surface area contributed by atoms with Crippen molar-refractivity contribution in [3.8, 4) is 0 Å². The van der Waals surface area contributed by atoms with Gasteiger partial charge in [-0.25, -0.2) is 0 Å². The fourth-order valence-corrected chi connectivity index (χ4v) is 3.01. The van der Waals surface area contributed by atoms with Crippen LogP contribution >= 0.6 is 15.9 Å². The van der Waals surface area contributed by atoms with Crippen LogP contribution in [0.15, 0.2) is 22.9 Å². The number of aromatic nitrogens is 1.